The van der Waals surface area contributed by atoms with Crippen LogP contribution in [0.25, 0.3) is 4.91 Å². The van der Waals surface area contributed by atoms with Gasteiger partial charge in [0.25, 0.3) is 0 Å². The summed E-state index contributed by atoms with van der Waals surface area (Å²) in [6.07, 6.45) is 6.63. The number of allylic oxidation sites excluding steroid dienone is 3. The summed E-state index contributed by atoms with van der Waals surface area (Å²) in [5.41, 5.74) is 0.939. The molecule has 0 saturated heterocycles. The van der Waals surface area contributed by atoms with Gasteiger partial charge >= 0.3 is 0 Å². The third-order valence-electron chi connectivity index (χ3n) is 2.09. The number of carbonyl (C=O) groups is 1. The molecule has 0 saturated carbocycles. The van der Waals surface area contributed by atoms with Crippen LogP contribution in [0.2, 0.25) is 0 Å². The molecule has 0 atom stereocenters. The highest BCUT2D eigenvalue weighted by molar-refractivity contribution is 8.12. The van der Waals surface area contributed by atoms with E-state index < -0.39 is 0 Å². The largest absolute Gasteiger partial charge is 0.294 e. The van der Waals surface area contributed by atoms with Crippen LogP contribution in [0.5, 0.6) is 0 Å². The molecule has 1 aromatic rings. The Bertz CT molecular complexity index is 434. The Labute approximate surface area is 93.1 Å². The Kier molecular flexibility index (Phi) is 3.02. The molecule has 1 aliphatic heterocycles. The number of rotatable bonds is 2. The minimum atomic E-state index is 0.126. The minimum Gasteiger partial charge on any atom is -0.294 e. The van der Waals surface area contributed by atoms with Gasteiger partial charge in [-0.3, -0.25) is 9.78 Å². The quantitative estimate of drug-likeness (QED) is 0.762. The van der Waals surface area contributed by atoms with Crippen LogP contribution in [0.1, 0.15) is 19.0 Å². The number of aromatic nitrogens is 1. The van der Waals surface area contributed by atoms with Gasteiger partial charge in [0.2, 0.25) is 0 Å². The van der Waals surface area contributed by atoms with E-state index in [9.17, 15) is 4.79 Å². The van der Waals surface area contributed by atoms with Gasteiger partial charge in [-0.2, -0.15) is 0 Å². The Hall–Kier alpha value is -1.35. The Morgan fingerprint density at radius 2 is 2.27 bits per heavy atom. The van der Waals surface area contributed by atoms with E-state index in [0.717, 1.165) is 21.9 Å². The standard InChI is InChI=1S/C12H11NOS/c1-9(14)11-6-4-7-12(15-11)10-5-2-3-8-13-10/h2-3,5-8H,4H2,1H3. The maximum absolute atomic E-state index is 11.2. The van der Waals surface area contributed by atoms with Crippen molar-refractivity contribution in [2.45, 2.75) is 13.3 Å². The molecular formula is C12H11NOS. The smallest absolute Gasteiger partial charge is 0.166 e. The lowest BCUT2D eigenvalue weighted by molar-refractivity contribution is -0.112. The number of thioether (sulfide) groups is 1. The van der Waals surface area contributed by atoms with Gasteiger partial charge in [0.05, 0.1) is 10.6 Å². The predicted molar refractivity (Wildman–Crippen MR) is 63.2 cm³/mol. The molecule has 0 amide bonds. The molecule has 0 N–H and O–H groups in total. The Balaban J connectivity index is 2.21. The Morgan fingerprint density at radius 1 is 1.40 bits per heavy atom. The first-order chi connectivity index (χ1) is 7.27. The van der Waals surface area contributed by atoms with Crippen LogP contribution in [0.3, 0.4) is 0 Å². The number of ketones is 1. The second kappa shape index (κ2) is 4.45. The summed E-state index contributed by atoms with van der Waals surface area (Å²) in [6, 6.07) is 5.80. The summed E-state index contributed by atoms with van der Waals surface area (Å²) >= 11 is 1.50. The zero-order chi connectivity index (χ0) is 10.7. The molecule has 2 heterocycles. The highest BCUT2D eigenvalue weighted by atomic mass is 32.2. The predicted octanol–water partition coefficient (Wildman–Crippen LogP) is 3.03. The third-order valence-corrected chi connectivity index (χ3v) is 3.36. The molecule has 0 fully saturated rings. The van der Waals surface area contributed by atoms with E-state index in [1.165, 1.54) is 11.8 Å². The van der Waals surface area contributed by atoms with E-state index >= 15 is 0 Å². The van der Waals surface area contributed by atoms with E-state index in [-0.39, 0.29) is 5.78 Å². The topological polar surface area (TPSA) is 30.0 Å². The molecule has 2 rings (SSSR count). The summed E-state index contributed by atoms with van der Waals surface area (Å²) in [6.45, 7) is 1.60. The van der Waals surface area contributed by atoms with Crippen molar-refractivity contribution in [1.82, 2.24) is 4.98 Å². The lowest BCUT2D eigenvalue weighted by Gasteiger charge is -2.11. The number of hydrogen-bond donors (Lipinski definition) is 0. The Morgan fingerprint density at radius 3 is 2.93 bits per heavy atom. The van der Waals surface area contributed by atoms with Crippen molar-refractivity contribution >= 4 is 22.5 Å². The first-order valence-electron chi connectivity index (χ1n) is 4.78. The number of Topliss-reactive ketones (excluding diaryl/α,β-unsaturated/α-hetero) is 1. The van der Waals surface area contributed by atoms with Crippen LogP contribution < -0.4 is 0 Å². The minimum absolute atomic E-state index is 0.126. The molecule has 1 aliphatic rings. The van der Waals surface area contributed by atoms with E-state index in [2.05, 4.69) is 11.1 Å². The highest BCUT2D eigenvalue weighted by Gasteiger charge is 2.13. The fraction of sp³-hybridized carbons (Fsp3) is 0.167. The van der Waals surface area contributed by atoms with Crippen LogP contribution in [0.15, 0.2) is 41.5 Å². The van der Waals surface area contributed by atoms with Crippen LogP contribution in [-0.2, 0) is 4.79 Å². The van der Waals surface area contributed by atoms with Crippen LogP contribution in [0.4, 0.5) is 0 Å². The summed E-state index contributed by atoms with van der Waals surface area (Å²) in [4.78, 5) is 17.4. The molecule has 1 aromatic heterocycles. The molecule has 2 nitrogen and oxygen atoms in total. The van der Waals surface area contributed by atoms with Gasteiger partial charge < -0.3 is 0 Å². The molecule has 76 valence electrons. The van der Waals surface area contributed by atoms with Crippen molar-refractivity contribution in [3.8, 4) is 0 Å². The maximum Gasteiger partial charge on any atom is 0.166 e. The maximum atomic E-state index is 11.2. The second-order valence-corrected chi connectivity index (χ2v) is 4.33. The summed E-state index contributed by atoms with van der Waals surface area (Å²) in [7, 11) is 0. The molecule has 0 radical (unpaired) electrons. The van der Waals surface area contributed by atoms with Crippen LogP contribution in [0, 0.1) is 0 Å². The number of nitrogens with zero attached hydrogens (tertiary/aromatic N) is 1. The van der Waals surface area contributed by atoms with Gasteiger partial charge in [-0.25, -0.2) is 0 Å². The fourth-order valence-corrected chi connectivity index (χ4v) is 2.32. The fourth-order valence-electron chi connectivity index (χ4n) is 1.36. The van der Waals surface area contributed by atoms with Crippen LogP contribution in [-0.4, -0.2) is 10.8 Å². The first-order valence-corrected chi connectivity index (χ1v) is 5.59. The molecule has 0 bridgehead atoms. The first kappa shape index (κ1) is 10.2. The van der Waals surface area contributed by atoms with Gasteiger partial charge in [-0.1, -0.05) is 30.0 Å². The lowest BCUT2D eigenvalue weighted by Crippen LogP contribution is -1.97. The van der Waals surface area contributed by atoms with E-state index in [0.29, 0.717) is 0 Å². The van der Waals surface area contributed by atoms with Crippen molar-refractivity contribution in [3.05, 3.63) is 47.1 Å². The van der Waals surface area contributed by atoms with Crippen molar-refractivity contribution < 1.29 is 4.79 Å². The molecule has 0 aliphatic carbocycles. The van der Waals surface area contributed by atoms with Crippen molar-refractivity contribution in [3.63, 3.8) is 0 Å². The van der Waals surface area contributed by atoms with E-state index in [4.69, 9.17) is 0 Å². The number of pyridine rings is 1. The summed E-state index contributed by atoms with van der Waals surface area (Å²) in [5, 5.41) is 0. The van der Waals surface area contributed by atoms with E-state index in [1.54, 1.807) is 13.1 Å². The molecule has 0 spiro atoms. The average Bonchev–Trinajstić information content (AvgIpc) is 2.30. The van der Waals surface area contributed by atoms with Gasteiger partial charge in [-0.05, 0) is 25.5 Å². The van der Waals surface area contributed by atoms with Crippen molar-refractivity contribution in [2.24, 2.45) is 0 Å². The molecule has 0 unspecified atom stereocenters. The zero-order valence-corrected chi connectivity index (χ0v) is 9.25. The number of hydrogen-bond acceptors (Lipinski definition) is 3. The average molecular weight is 217 g/mol. The monoisotopic (exact) mass is 217 g/mol. The second-order valence-electron chi connectivity index (χ2n) is 3.25. The molecule has 0 aromatic carbocycles. The summed E-state index contributed by atoms with van der Waals surface area (Å²) < 4.78 is 0. The zero-order valence-electron chi connectivity index (χ0n) is 8.43. The van der Waals surface area contributed by atoms with Crippen LogP contribution >= 0.6 is 11.8 Å². The third kappa shape index (κ3) is 2.36. The summed E-state index contributed by atoms with van der Waals surface area (Å²) in [5.74, 6) is 0.126. The highest BCUT2D eigenvalue weighted by Crippen LogP contribution is 2.36. The molecular weight excluding hydrogens is 206 g/mol. The SMILES string of the molecule is CC(=O)C1=CCC=C(c2ccccn2)S1. The van der Waals surface area contributed by atoms with Gasteiger partial charge in [0.1, 0.15) is 0 Å². The van der Waals surface area contributed by atoms with Gasteiger partial charge in [-0.15, -0.1) is 0 Å². The van der Waals surface area contributed by atoms with Crippen molar-refractivity contribution in [1.29, 1.82) is 0 Å². The normalized spacial score (nSPS) is 15.5. The van der Waals surface area contributed by atoms with Crippen molar-refractivity contribution in [2.75, 3.05) is 0 Å². The lowest BCUT2D eigenvalue weighted by atomic mass is 10.2. The molecule has 3 heteroatoms. The van der Waals surface area contributed by atoms with Gasteiger partial charge in [0.15, 0.2) is 5.78 Å². The van der Waals surface area contributed by atoms with E-state index in [1.807, 2.05) is 24.3 Å². The van der Waals surface area contributed by atoms with Gasteiger partial charge in [0, 0.05) is 11.1 Å². The number of carbonyl (C=O) groups excluding carboxylic acids is 1. The molecule has 15 heavy (non-hydrogen) atoms.